The lowest BCUT2D eigenvalue weighted by molar-refractivity contribution is -0.150. The molecule has 0 spiro atoms. The summed E-state index contributed by atoms with van der Waals surface area (Å²) < 4.78 is 34.0. The van der Waals surface area contributed by atoms with E-state index in [0.29, 0.717) is 24.3 Å². The van der Waals surface area contributed by atoms with Gasteiger partial charge in [0.1, 0.15) is 36.9 Å². The van der Waals surface area contributed by atoms with Crippen LogP contribution in [-0.2, 0) is 44.6 Å². The van der Waals surface area contributed by atoms with Crippen molar-refractivity contribution in [1.29, 1.82) is 0 Å². The molecule has 0 aliphatic carbocycles. The first-order valence-corrected chi connectivity index (χ1v) is 15.8. The van der Waals surface area contributed by atoms with E-state index < -0.39 is 5.79 Å². The molecule has 0 amide bonds. The van der Waals surface area contributed by atoms with Gasteiger partial charge in [-0.15, -0.1) is 0 Å². The van der Waals surface area contributed by atoms with Gasteiger partial charge in [0.25, 0.3) is 0 Å². The molecular formula is C39H42O8. The van der Waals surface area contributed by atoms with Gasteiger partial charge in [-0.3, -0.25) is 0 Å². The quantitative estimate of drug-likeness (QED) is 0.139. The van der Waals surface area contributed by atoms with Crippen LogP contribution in [0.25, 0.3) is 0 Å². The van der Waals surface area contributed by atoms with Gasteiger partial charge < -0.3 is 28.4 Å². The minimum absolute atomic E-state index is 0.289. The first kappa shape index (κ1) is 33.7. The van der Waals surface area contributed by atoms with Crippen molar-refractivity contribution in [3.63, 3.8) is 0 Å². The molecule has 0 N–H and O–H groups in total. The number of ether oxygens (including phenoxy) is 6. The average Bonchev–Trinajstić information content (AvgIpc) is 3.41. The SMILES string of the molecule is COC(=O)c1ccc(CCc2ccc(OC[C@@H]3OC(C)(C)O[C@H]3COc3ccc(CCc4ccc(C(=O)OC)cc4)cc3)cc2)cc1. The second-order valence-corrected chi connectivity index (χ2v) is 12.0. The van der Waals surface area contributed by atoms with Crippen LogP contribution in [0.2, 0.25) is 0 Å². The molecule has 0 aromatic heterocycles. The van der Waals surface area contributed by atoms with Crippen molar-refractivity contribution in [3.8, 4) is 11.5 Å². The summed E-state index contributed by atoms with van der Waals surface area (Å²) in [5.41, 5.74) is 5.81. The maximum atomic E-state index is 11.6. The van der Waals surface area contributed by atoms with Crippen LogP contribution in [0.4, 0.5) is 0 Å². The Morgan fingerprint density at radius 2 is 0.830 bits per heavy atom. The second kappa shape index (κ2) is 15.8. The van der Waals surface area contributed by atoms with Gasteiger partial charge in [-0.2, -0.15) is 0 Å². The van der Waals surface area contributed by atoms with E-state index in [9.17, 15) is 9.59 Å². The maximum Gasteiger partial charge on any atom is 0.337 e. The molecule has 1 aliphatic rings. The molecule has 0 bridgehead atoms. The van der Waals surface area contributed by atoms with Crippen LogP contribution < -0.4 is 9.47 Å². The summed E-state index contributed by atoms with van der Waals surface area (Å²) in [4.78, 5) is 23.3. The van der Waals surface area contributed by atoms with E-state index in [2.05, 4.69) is 24.3 Å². The third-order valence-corrected chi connectivity index (χ3v) is 8.12. The fraction of sp³-hybridized carbons (Fsp3) is 0.333. The van der Waals surface area contributed by atoms with Crippen molar-refractivity contribution in [2.75, 3.05) is 27.4 Å². The van der Waals surface area contributed by atoms with Crippen LogP contribution in [-0.4, -0.2) is 57.4 Å². The fourth-order valence-electron chi connectivity index (χ4n) is 5.48. The zero-order valence-electron chi connectivity index (χ0n) is 27.4. The number of rotatable bonds is 14. The average molecular weight is 639 g/mol. The Morgan fingerprint density at radius 3 is 1.13 bits per heavy atom. The molecule has 1 aliphatic heterocycles. The number of carbonyl (C=O) groups is 2. The summed E-state index contributed by atoms with van der Waals surface area (Å²) in [5.74, 6) is 0.133. The summed E-state index contributed by atoms with van der Waals surface area (Å²) in [6.45, 7) is 4.47. The first-order valence-electron chi connectivity index (χ1n) is 15.8. The van der Waals surface area contributed by atoms with E-state index in [4.69, 9.17) is 28.4 Å². The number of benzene rings is 4. The van der Waals surface area contributed by atoms with E-state index in [1.807, 2.05) is 62.4 Å². The Balaban J connectivity index is 1.06. The maximum absolute atomic E-state index is 11.6. The van der Waals surface area contributed by atoms with E-state index in [1.54, 1.807) is 24.3 Å². The van der Waals surface area contributed by atoms with Crippen LogP contribution >= 0.6 is 0 Å². The molecular weight excluding hydrogens is 596 g/mol. The molecule has 2 atom stereocenters. The summed E-state index contributed by atoms with van der Waals surface area (Å²) in [6.07, 6.45) is 2.90. The molecule has 0 saturated carbocycles. The van der Waals surface area contributed by atoms with Crippen molar-refractivity contribution in [3.05, 3.63) is 130 Å². The smallest absolute Gasteiger partial charge is 0.337 e. The lowest BCUT2D eigenvalue weighted by Crippen LogP contribution is -2.33. The third-order valence-electron chi connectivity index (χ3n) is 8.12. The third kappa shape index (κ3) is 9.67. The van der Waals surface area contributed by atoms with Gasteiger partial charge in [0.15, 0.2) is 5.79 Å². The van der Waals surface area contributed by atoms with Crippen LogP contribution in [0.15, 0.2) is 97.1 Å². The summed E-state index contributed by atoms with van der Waals surface area (Å²) in [5, 5.41) is 0. The highest BCUT2D eigenvalue weighted by atomic mass is 16.8. The highest BCUT2D eigenvalue weighted by molar-refractivity contribution is 5.89. The monoisotopic (exact) mass is 638 g/mol. The number of carbonyl (C=O) groups excluding carboxylic acids is 2. The van der Waals surface area contributed by atoms with Crippen molar-refractivity contribution in [2.24, 2.45) is 0 Å². The number of hydrogen-bond donors (Lipinski definition) is 0. The van der Waals surface area contributed by atoms with Gasteiger partial charge in [-0.25, -0.2) is 9.59 Å². The largest absolute Gasteiger partial charge is 0.491 e. The van der Waals surface area contributed by atoms with E-state index in [1.165, 1.54) is 25.3 Å². The molecule has 4 aromatic rings. The predicted molar refractivity (Wildman–Crippen MR) is 178 cm³/mol. The number of esters is 2. The van der Waals surface area contributed by atoms with Crippen molar-refractivity contribution in [1.82, 2.24) is 0 Å². The highest BCUT2D eigenvalue weighted by Crippen LogP contribution is 2.30. The van der Waals surface area contributed by atoms with Gasteiger partial charge in [0, 0.05) is 0 Å². The Bertz CT molecular complexity index is 1470. The zero-order valence-corrected chi connectivity index (χ0v) is 27.4. The van der Waals surface area contributed by atoms with Gasteiger partial charge in [0.05, 0.1) is 25.3 Å². The molecule has 8 nitrogen and oxygen atoms in total. The Morgan fingerprint density at radius 1 is 0.532 bits per heavy atom. The molecule has 1 saturated heterocycles. The van der Waals surface area contributed by atoms with E-state index in [0.717, 1.165) is 48.3 Å². The number of hydrogen-bond acceptors (Lipinski definition) is 8. The van der Waals surface area contributed by atoms with Gasteiger partial charge in [-0.05, 0) is 110 Å². The van der Waals surface area contributed by atoms with Gasteiger partial charge in [0.2, 0.25) is 0 Å². The molecule has 47 heavy (non-hydrogen) atoms. The summed E-state index contributed by atoms with van der Waals surface area (Å²) >= 11 is 0. The minimum Gasteiger partial charge on any atom is -0.491 e. The Kier molecular flexibility index (Phi) is 11.3. The Hall–Kier alpha value is -4.66. The van der Waals surface area contributed by atoms with Gasteiger partial charge >= 0.3 is 11.9 Å². The zero-order chi connectivity index (χ0) is 33.2. The molecule has 1 fully saturated rings. The Labute approximate surface area is 276 Å². The fourth-order valence-corrected chi connectivity index (χ4v) is 5.48. The van der Waals surface area contributed by atoms with Crippen LogP contribution in [0.3, 0.4) is 0 Å². The van der Waals surface area contributed by atoms with Gasteiger partial charge in [-0.1, -0.05) is 48.5 Å². The molecule has 246 valence electrons. The standard InChI is InChI=1S/C39H42O8/c1-39(2)46-35(25-44-33-21-13-29(14-22-33)7-5-27-9-17-31(18-10-27)37(40)42-3)36(47-39)26-45-34-23-15-30(16-24-34)8-6-28-11-19-32(20-12-28)38(41)43-4/h9-24,35-36H,5-8,25-26H2,1-4H3/t35-,36-/m0/s1. The molecule has 5 rings (SSSR count). The number of aryl methyl sites for hydroxylation is 4. The molecule has 4 aromatic carbocycles. The molecule has 8 heteroatoms. The molecule has 0 unspecified atom stereocenters. The summed E-state index contributed by atoms with van der Waals surface area (Å²) in [6, 6.07) is 31.2. The van der Waals surface area contributed by atoms with Crippen LogP contribution in [0.5, 0.6) is 11.5 Å². The van der Waals surface area contributed by atoms with E-state index >= 15 is 0 Å². The predicted octanol–water partition coefficient (Wildman–Crippen LogP) is 6.81. The first-order chi connectivity index (χ1) is 22.7. The van der Waals surface area contributed by atoms with E-state index in [-0.39, 0.29) is 24.1 Å². The van der Waals surface area contributed by atoms with Crippen molar-refractivity contribution < 1.29 is 38.0 Å². The highest BCUT2D eigenvalue weighted by Gasteiger charge is 2.42. The van der Waals surface area contributed by atoms with Crippen LogP contribution in [0, 0.1) is 0 Å². The molecule has 1 heterocycles. The second-order valence-electron chi connectivity index (χ2n) is 12.0. The minimum atomic E-state index is -0.736. The normalized spacial score (nSPS) is 16.8. The lowest BCUT2D eigenvalue weighted by Gasteiger charge is -2.18. The van der Waals surface area contributed by atoms with Crippen molar-refractivity contribution in [2.45, 2.75) is 57.5 Å². The number of methoxy groups -OCH3 is 2. The summed E-state index contributed by atoms with van der Waals surface area (Å²) in [7, 11) is 2.77. The van der Waals surface area contributed by atoms with Crippen LogP contribution in [0.1, 0.15) is 56.8 Å². The van der Waals surface area contributed by atoms with Crippen molar-refractivity contribution >= 4 is 11.9 Å². The molecule has 0 radical (unpaired) electrons. The lowest BCUT2D eigenvalue weighted by atomic mass is 10.0. The topological polar surface area (TPSA) is 89.5 Å².